The van der Waals surface area contributed by atoms with Crippen molar-refractivity contribution in [3.63, 3.8) is 0 Å². The molecule has 2 saturated heterocycles. The van der Waals surface area contributed by atoms with Crippen molar-refractivity contribution in [2.24, 2.45) is 0 Å². The summed E-state index contributed by atoms with van der Waals surface area (Å²) in [5, 5.41) is 3.12. The number of amides is 1. The zero-order valence-corrected chi connectivity index (χ0v) is 18.0. The second kappa shape index (κ2) is 8.16. The van der Waals surface area contributed by atoms with E-state index in [-0.39, 0.29) is 11.4 Å². The molecule has 1 aromatic carbocycles. The number of piperidine rings is 1. The molecular weight excluding hydrogens is 346 g/mol. The van der Waals surface area contributed by atoms with Crippen LogP contribution >= 0.6 is 0 Å². The Morgan fingerprint density at radius 3 is 2.43 bits per heavy atom. The summed E-state index contributed by atoms with van der Waals surface area (Å²) >= 11 is 0. The molecule has 0 radical (unpaired) electrons. The molecule has 1 amide bonds. The Morgan fingerprint density at radius 1 is 1.07 bits per heavy atom. The molecule has 154 valence electrons. The first kappa shape index (κ1) is 19.9. The summed E-state index contributed by atoms with van der Waals surface area (Å²) in [6.45, 7) is 10.5. The van der Waals surface area contributed by atoms with E-state index < -0.39 is 0 Å². The molecule has 1 spiro atoms. The van der Waals surface area contributed by atoms with Crippen molar-refractivity contribution in [3.05, 3.63) is 34.9 Å². The molecule has 3 fully saturated rings. The number of likely N-dealkylation sites (tertiary alicyclic amines) is 1. The van der Waals surface area contributed by atoms with E-state index in [2.05, 4.69) is 54.1 Å². The Balaban J connectivity index is 1.50. The zero-order chi connectivity index (χ0) is 19.7. The van der Waals surface area contributed by atoms with Gasteiger partial charge in [-0.2, -0.15) is 0 Å². The molecule has 1 N–H and O–H groups in total. The standard InChI is InChI=1S/C24H37N3O/c1-4-11-27-17-25-23(28)24(27)9-12-26(13-10-24)22-8-6-5-7-21(22)20-15-18(2)14-19(3)16-20/h14-16,21-22H,4-13,17H2,1-3H3,(H,25,28)/t21-,22-/m1/s1. The van der Waals surface area contributed by atoms with Gasteiger partial charge in [-0.05, 0) is 57.4 Å². The fraction of sp³-hybridized carbons (Fsp3) is 0.708. The third-order valence-corrected chi connectivity index (χ3v) is 7.45. The van der Waals surface area contributed by atoms with Crippen molar-refractivity contribution in [3.8, 4) is 0 Å². The molecule has 2 heterocycles. The Kier molecular flexibility index (Phi) is 5.80. The van der Waals surface area contributed by atoms with Gasteiger partial charge in [-0.15, -0.1) is 0 Å². The molecule has 1 aromatic rings. The van der Waals surface area contributed by atoms with Gasteiger partial charge in [-0.1, -0.05) is 49.1 Å². The van der Waals surface area contributed by atoms with Crippen molar-refractivity contribution in [2.75, 3.05) is 26.3 Å². The van der Waals surface area contributed by atoms with Crippen LogP contribution in [0.15, 0.2) is 18.2 Å². The van der Waals surface area contributed by atoms with E-state index in [0.29, 0.717) is 12.0 Å². The Hall–Kier alpha value is -1.39. The number of benzene rings is 1. The van der Waals surface area contributed by atoms with Gasteiger partial charge in [0, 0.05) is 25.7 Å². The van der Waals surface area contributed by atoms with Crippen LogP contribution in [0.3, 0.4) is 0 Å². The van der Waals surface area contributed by atoms with Gasteiger partial charge in [0.2, 0.25) is 5.91 Å². The summed E-state index contributed by atoms with van der Waals surface area (Å²) in [6.07, 6.45) is 8.36. The van der Waals surface area contributed by atoms with Gasteiger partial charge in [0.15, 0.2) is 0 Å². The van der Waals surface area contributed by atoms with Gasteiger partial charge in [-0.3, -0.25) is 14.6 Å². The number of rotatable bonds is 4. The minimum absolute atomic E-state index is 0.239. The van der Waals surface area contributed by atoms with Crippen LogP contribution in [0.4, 0.5) is 0 Å². The molecule has 4 nitrogen and oxygen atoms in total. The number of carbonyl (C=O) groups excluding carboxylic acids is 1. The monoisotopic (exact) mass is 383 g/mol. The van der Waals surface area contributed by atoms with Crippen LogP contribution in [0.5, 0.6) is 0 Å². The van der Waals surface area contributed by atoms with E-state index in [1.54, 1.807) is 0 Å². The SMILES string of the molecule is CCCN1CNC(=O)C12CCN([C@@H]1CCCC[C@@H]1c1cc(C)cc(C)c1)CC2. The van der Waals surface area contributed by atoms with Crippen LogP contribution in [0, 0.1) is 13.8 Å². The third kappa shape index (κ3) is 3.61. The molecule has 0 bridgehead atoms. The number of aryl methyl sites for hydroxylation is 2. The number of hydrogen-bond acceptors (Lipinski definition) is 3. The first-order valence-corrected chi connectivity index (χ1v) is 11.4. The Labute approximate surface area is 170 Å². The van der Waals surface area contributed by atoms with Gasteiger partial charge >= 0.3 is 0 Å². The molecule has 0 aromatic heterocycles. The maximum absolute atomic E-state index is 12.7. The summed E-state index contributed by atoms with van der Waals surface area (Å²) in [7, 11) is 0. The maximum atomic E-state index is 12.7. The van der Waals surface area contributed by atoms with Gasteiger partial charge in [0.1, 0.15) is 5.54 Å². The van der Waals surface area contributed by atoms with Crippen molar-refractivity contribution < 1.29 is 4.79 Å². The lowest BCUT2D eigenvalue weighted by molar-refractivity contribution is -0.129. The predicted molar refractivity (Wildman–Crippen MR) is 114 cm³/mol. The van der Waals surface area contributed by atoms with Crippen LogP contribution in [-0.2, 0) is 4.79 Å². The van der Waals surface area contributed by atoms with E-state index in [4.69, 9.17) is 0 Å². The Bertz CT molecular complexity index is 688. The summed E-state index contributed by atoms with van der Waals surface area (Å²) in [5.41, 5.74) is 4.06. The van der Waals surface area contributed by atoms with Gasteiger partial charge in [0.25, 0.3) is 0 Å². The fourth-order valence-electron chi connectivity index (χ4n) is 6.12. The largest absolute Gasteiger partial charge is 0.342 e. The summed E-state index contributed by atoms with van der Waals surface area (Å²) < 4.78 is 0. The van der Waals surface area contributed by atoms with E-state index in [0.717, 1.165) is 45.6 Å². The first-order chi connectivity index (χ1) is 13.5. The average Bonchev–Trinajstić information content (AvgIpc) is 2.98. The first-order valence-electron chi connectivity index (χ1n) is 11.4. The highest BCUT2D eigenvalue weighted by atomic mass is 16.2. The van der Waals surface area contributed by atoms with Crippen molar-refractivity contribution in [1.29, 1.82) is 0 Å². The molecule has 4 rings (SSSR count). The second-order valence-corrected chi connectivity index (χ2v) is 9.37. The van der Waals surface area contributed by atoms with Gasteiger partial charge in [0.05, 0.1) is 6.67 Å². The lowest BCUT2D eigenvalue weighted by Crippen LogP contribution is -2.58. The van der Waals surface area contributed by atoms with Gasteiger partial charge in [-0.25, -0.2) is 0 Å². The van der Waals surface area contributed by atoms with Crippen molar-refractivity contribution in [2.45, 2.75) is 83.2 Å². The molecule has 3 aliphatic rings. The van der Waals surface area contributed by atoms with Crippen LogP contribution in [-0.4, -0.2) is 53.6 Å². The van der Waals surface area contributed by atoms with E-state index >= 15 is 0 Å². The summed E-state index contributed by atoms with van der Waals surface area (Å²) in [4.78, 5) is 17.8. The molecule has 4 heteroatoms. The molecule has 1 aliphatic carbocycles. The van der Waals surface area contributed by atoms with E-state index in [1.165, 1.54) is 42.4 Å². The van der Waals surface area contributed by atoms with Crippen LogP contribution in [0.25, 0.3) is 0 Å². The van der Waals surface area contributed by atoms with Crippen molar-refractivity contribution >= 4 is 5.91 Å². The molecule has 28 heavy (non-hydrogen) atoms. The average molecular weight is 384 g/mol. The Morgan fingerprint density at radius 2 is 1.75 bits per heavy atom. The highest BCUT2D eigenvalue weighted by Gasteiger charge is 2.50. The van der Waals surface area contributed by atoms with Crippen molar-refractivity contribution in [1.82, 2.24) is 15.1 Å². The zero-order valence-electron chi connectivity index (χ0n) is 18.0. The highest BCUT2D eigenvalue weighted by molar-refractivity contribution is 5.88. The summed E-state index contributed by atoms with van der Waals surface area (Å²) in [5.74, 6) is 0.917. The van der Waals surface area contributed by atoms with E-state index in [9.17, 15) is 4.79 Å². The molecule has 1 saturated carbocycles. The molecule has 2 aliphatic heterocycles. The van der Waals surface area contributed by atoms with E-state index in [1.807, 2.05) is 0 Å². The number of nitrogens with zero attached hydrogens (tertiary/aromatic N) is 2. The predicted octanol–water partition coefficient (Wildman–Crippen LogP) is 3.96. The quantitative estimate of drug-likeness (QED) is 0.855. The minimum atomic E-state index is -0.239. The van der Waals surface area contributed by atoms with Crippen LogP contribution in [0.1, 0.15) is 74.5 Å². The minimum Gasteiger partial charge on any atom is -0.342 e. The molecule has 2 atom stereocenters. The number of carbonyl (C=O) groups is 1. The molecule has 0 unspecified atom stereocenters. The van der Waals surface area contributed by atoms with Gasteiger partial charge < -0.3 is 5.32 Å². The lowest BCUT2D eigenvalue weighted by atomic mass is 9.76. The fourth-order valence-corrected chi connectivity index (χ4v) is 6.12. The summed E-state index contributed by atoms with van der Waals surface area (Å²) in [6, 6.07) is 7.74. The number of nitrogens with one attached hydrogen (secondary N) is 1. The topological polar surface area (TPSA) is 35.6 Å². The lowest BCUT2D eigenvalue weighted by Gasteiger charge is -2.47. The maximum Gasteiger partial charge on any atom is 0.241 e. The number of hydrogen-bond donors (Lipinski definition) is 1. The second-order valence-electron chi connectivity index (χ2n) is 9.37. The van der Waals surface area contributed by atoms with Crippen LogP contribution in [0.2, 0.25) is 0 Å². The molecular formula is C24H37N3O. The smallest absolute Gasteiger partial charge is 0.241 e. The van der Waals surface area contributed by atoms with Crippen LogP contribution < -0.4 is 5.32 Å². The highest BCUT2D eigenvalue weighted by Crippen LogP contribution is 2.40. The third-order valence-electron chi connectivity index (χ3n) is 7.45. The normalized spacial score (nSPS) is 28.6.